The van der Waals surface area contributed by atoms with Crippen LogP contribution in [-0.2, 0) is 31.9 Å². The third kappa shape index (κ3) is 3.32. The van der Waals surface area contributed by atoms with E-state index in [4.69, 9.17) is 4.74 Å². The van der Waals surface area contributed by atoms with Crippen molar-refractivity contribution in [1.29, 1.82) is 0 Å². The highest BCUT2D eigenvalue weighted by Crippen LogP contribution is 2.17. The van der Waals surface area contributed by atoms with E-state index in [-0.39, 0.29) is 5.69 Å². The predicted octanol–water partition coefficient (Wildman–Crippen LogP) is 1.57. The van der Waals surface area contributed by atoms with E-state index in [9.17, 15) is 4.79 Å². The highest BCUT2D eigenvalue weighted by molar-refractivity contribution is 5.76. The highest BCUT2D eigenvalue weighted by atomic mass is 16.5. The average Bonchev–Trinajstić information content (AvgIpc) is 3.21. The van der Waals surface area contributed by atoms with Gasteiger partial charge in [0.05, 0.1) is 23.8 Å². The number of hydrogen-bond acceptors (Lipinski definition) is 5. The molecular formula is C20H24N6O2. The smallest absolute Gasteiger partial charge is 0.328 e. The molecule has 0 N–H and O–H groups in total. The lowest BCUT2D eigenvalue weighted by atomic mass is 10.1. The maximum Gasteiger partial charge on any atom is 0.328 e. The summed E-state index contributed by atoms with van der Waals surface area (Å²) in [5.41, 5.74) is 4.95. The van der Waals surface area contributed by atoms with Crippen molar-refractivity contribution in [1.82, 2.24) is 28.6 Å². The molecule has 4 rings (SSSR count). The fraction of sp³-hybridized carbons (Fsp3) is 0.350. The molecule has 0 radical (unpaired) electrons. The molecule has 0 saturated heterocycles. The number of nitrogens with zero attached hydrogens (tertiary/aromatic N) is 6. The highest BCUT2D eigenvalue weighted by Gasteiger charge is 2.14. The van der Waals surface area contributed by atoms with Gasteiger partial charge >= 0.3 is 5.69 Å². The summed E-state index contributed by atoms with van der Waals surface area (Å²) >= 11 is 0. The molecule has 3 aromatic heterocycles. The first-order valence-corrected chi connectivity index (χ1v) is 9.21. The van der Waals surface area contributed by atoms with Crippen molar-refractivity contribution < 1.29 is 4.74 Å². The molecule has 0 amide bonds. The summed E-state index contributed by atoms with van der Waals surface area (Å²) in [5, 5.41) is 4.38. The Balaban J connectivity index is 1.62. The Morgan fingerprint density at radius 3 is 2.79 bits per heavy atom. The number of imidazole rings is 1. The third-order valence-corrected chi connectivity index (χ3v) is 5.10. The number of methoxy groups -OCH3 is 1. The average molecular weight is 380 g/mol. The summed E-state index contributed by atoms with van der Waals surface area (Å²) < 4.78 is 10.4. The zero-order chi connectivity index (χ0) is 19.7. The van der Waals surface area contributed by atoms with Crippen LogP contribution < -0.4 is 5.69 Å². The van der Waals surface area contributed by atoms with Crippen molar-refractivity contribution in [3.8, 4) is 0 Å². The molecule has 0 unspecified atom stereocenters. The summed E-state index contributed by atoms with van der Waals surface area (Å²) in [4.78, 5) is 18.9. The summed E-state index contributed by atoms with van der Waals surface area (Å²) in [6.45, 7) is 2.88. The van der Waals surface area contributed by atoms with E-state index in [1.165, 1.54) is 0 Å². The first-order chi connectivity index (χ1) is 13.6. The largest absolute Gasteiger partial charge is 0.383 e. The minimum Gasteiger partial charge on any atom is -0.383 e. The number of ether oxygens (including phenoxy) is 1. The Hall–Kier alpha value is -2.97. The van der Waals surface area contributed by atoms with Gasteiger partial charge in [-0.1, -0.05) is 6.07 Å². The molecule has 0 spiro atoms. The summed E-state index contributed by atoms with van der Waals surface area (Å²) in [7, 11) is 5.32. The molecule has 146 valence electrons. The van der Waals surface area contributed by atoms with Crippen molar-refractivity contribution in [2.24, 2.45) is 14.1 Å². The van der Waals surface area contributed by atoms with E-state index in [2.05, 4.69) is 27.1 Å². The van der Waals surface area contributed by atoms with Gasteiger partial charge in [0.15, 0.2) is 5.65 Å². The van der Waals surface area contributed by atoms with E-state index in [0.717, 1.165) is 47.4 Å². The SMILES string of the molecule is COCCN(Cc1ccc2c(c1)n(C)c(=O)n2C)Cc1cnn2cccnc12. The second kappa shape index (κ2) is 7.57. The second-order valence-corrected chi connectivity index (χ2v) is 6.98. The van der Waals surface area contributed by atoms with Crippen molar-refractivity contribution >= 4 is 16.7 Å². The van der Waals surface area contributed by atoms with Gasteiger partial charge in [-0.2, -0.15) is 5.10 Å². The quantitative estimate of drug-likeness (QED) is 0.487. The van der Waals surface area contributed by atoms with Crippen LogP contribution in [0.2, 0.25) is 0 Å². The molecule has 8 nitrogen and oxygen atoms in total. The number of aromatic nitrogens is 5. The fourth-order valence-corrected chi connectivity index (χ4v) is 3.57. The monoisotopic (exact) mass is 380 g/mol. The maximum atomic E-state index is 12.2. The van der Waals surface area contributed by atoms with Crippen molar-refractivity contribution in [3.05, 3.63) is 64.5 Å². The zero-order valence-corrected chi connectivity index (χ0v) is 16.4. The summed E-state index contributed by atoms with van der Waals surface area (Å²) in [6.07, 6.45) is 5.55. The molecule has 0 saturated carbocycles. The van der Waals surface area contributed by atoms with E-state index >= 15 is 0 Å². The van der Waals surface area contributed by atoms with Crippen LogP contribution in [0.5, 0.6) is 0 Å². The van der Waals surface area contributed by atoms with Crippen LogP contribution >= 0.6 is 0 Å². The van der Waals surface area contributed by atoms with Gasteiger partial charge in [0.25, 0.3) is 0 Å². The molecule has 28 heavy (non-hydrogen) atoms. The molecule has 0 aliphatic rings. The van der Waals surface area contributed by atoms with Crippen molar-refractivity contribution in [3.63, 3.8) is 0 Å². The summed E-state index contributed by atoms with van der Waals surface area (Å²) in [5.74, 6) is 0. The Bertz CT molecular complexity index is 1170. The molecule has 3 heterocycles. The zero-order valence-electron chi connectivity index (χ0n) is 16.4. The van der Waals surface area contributed by atoms with Crippen LogP contribution in [0.3, 0.4) is 0 Å². The number of hydrogen-bond donors (Lipinski definition) is 0. The third-order valence-electron chi connectivity index (χ3n) is 5.10. The molecule has 0 bridgehead atoms. The summed E-state index contributed by atoms with van der Waals surface area (Å²) in [6, 6.07) is 8.05. The molecule has 0 atom stereocenters. The molecule has 0 aliphatic carbocycles. The Morgan fingerprint density at radius 1 is 1.14 bits per heavy atom. The van der Waals surface area contributed by atoms with Crippen LogP contribution in [0.4, 0.5) is 0 Å². The van der Waals surface area contributed by atoms with Crippen LogP contribution in [-0.4, -0.2) is 48.9 Å². The van der Waals surface area contributed by atoms with E-state index in [1.54, 1.807) is 34.0 Å². The lowest BCUT2D eigenvalue weighted by Gasteiger charge is -2.21. The Kier molecular flexibility index (Phi) is 4.97. The normalized spacial score (nSPS) is 11.9. The second-order valence-electron chi connectivity index (χ2n) is 6.98. The van der Waals surface area contributed by atoms with Gasteiger partial charge < -0.3 is 4.74 Å². The predicted molar refractivity (Wildman–Crippen MR) is 107 cm³/mol. The number of aryl methyl sites for hydroxylation is 2. The maximum absolute atomic E-state index is 12.2. The van der Waals surface area contributed by atoms with E-state index in [0.29, 0.717) is 6.61 Å². The van der Waals surface area contributed by atoms with E-state index in [1.807, 2.05) is 31.6 Å². The van der Waals surface area contributed by atoms with Crippen LogP contribution in [0, 0.1) is 0 Å². The standard InChI is InChI=1S/C20H24N6O2/c1-23-17-6-5-15(11-18(17)24(2)20(23)27)13-25(9-10-28-3)14-16-12-22-26-8-4-7-21-19(16)26/h4-8,11-12H,9-10,13-14H2,1-3H3. The minimum atomic E-state index is -0.0131. The van der Waals surface area contributed by atoms with E-state index < -0.39 is 0 Å². The topological polar surface area (TPSA) is 69.6 Å². The van der Waals surface area contributed by atoms with Crippen molar-refractivity contribution in [2.45, 2.75) is 13.1 Å². The molecule has 0 fully saturated rings. The Labute approximate surface area is 162 Å². The van der Waals surface area contributed by atoms with Crippen LogP contribution in [0.15, 0.2) is 47.7 Å². The number of benzene rings is 1. The molecule has 8 heteroatoms. The molecular weight excluding hydrogens is 356 g/mol. The number of fused-ring (bicyclic) bond motifs is 2. The van der Waals surface area contributed by atoms with Gasteiger partial charge in [-0.25, -0.2) is 14.3 Å². The van der Waals surface area contributed by atoms with Crippen molar-refractivity contribution in [2.75, 3.05) is 20.3 Å². The first kappa shape index (κ1) is 18.4. The minimum absolute atomic E-state index is 0.0131. The van der Waals surface area contributed by atoms with Gasteiger partial charge in [-0.05, 0) is 23.8 Å². The molecule has 0 aliphatic heterocycles. The lowest BCUT2D eigenvalue weighted by molar-refractivity contribution is 0.140. The van der Waals surface area contributed by atoms with Gasteiger partial charge in [0.1, 0.15) is 0 Å². The van der Waals surface area contributed by atoms with Gasteiger partial charge in [0.2, 0.25) is 0 Å². The molecule has 4 aromatic rings. The van der Waals surface area contributed by atoms with Crippen LogP contribution in [0.1, 0.15) is 11.1 Å². The van der Waals surface area contributed by atoms with Crippen LogP contribution in [0.25, 0.3) is 16.7 Å². The lowest BCUT2D eigenvalue weighted by Crippen LogP contribution is -2.26. The van der Waals surface area contributed by atoms with Gasteiger partial charge in [-0.15, -0.1) is 0 Å². The first-order valence-electron chi connectivity index (χ1n) is 9.21. The fourth-order valence-electron chi connectivity index (χ4n) is 3.57. The van der Waals surface area contributed by atoms with Gasteiger partial charge in [-0.3, -0.25) is 14.0 Å². The molecule has 1 aromatic carbocycles. The number of rotatable bonds is 7. The van der Waals surface area contributed by atoms with Gasteiger partial charge in [0, 0.05) is 58.8 Å². The Morgan fingerprint density at radius 2 is 1.96 bits per heavy atom.